The van der Waals surface area contributed by atoms with Crippen molar-refractivity contribution in [3.05, 3.63) is 55.9 Å². The van der Waals surface area contributed by atoms with E-state index in [2.05, 4.69) is 27.3 Å². The number of benzene rings is 1. The van der Waals surface area contributed by atoms with E-state index in [1.807, 2.05) is 0 Å². The van der Waals surface area contributed by atoms with E-state index in [0.717, 1.165) is 20.2 Å². The van der Waals surface area contributed by atoms with E-state index in [9.17, 15) is 19.2 Å². The molecule has 1 saturated heterocycles. The first kappa shape index (κ1) is 23.9. The van der Waals surface area contributed by atoms with Gasteiger partial charge in [-0.25, -0.2) is 9.59 Å². The number of esters is 2. The number of carbonyl (C=O) groups excluding carboxylic acids is 4. The van der Waals surface area contributed by atoms with E-state index in [-0.39, 0.29) is 36.2 Å². The summed E-state index contributed by atoms with van der Waals surface area (Å²) in [6, 6.07) is 8.09. The van der Waals surface area contributed by atoms with Gasteiger partial charge < -0.3 is 18.6 Å². The summed E-state index contributed by atoms with van der Waals surface area (Å²) in [7, 11) is 1.23. The van der Waals surface area contributed by atoms with Crippen molar-refractivity contribution >= 4 is 63.5 Å². The minimum Gasteiger partial charge on any atom is -0.481 e. The maximum Gasteiger partial charge on any atom is 0.373 e. The Morgan fingerprint density at radius 3 is 2.69 bits per heavy atom. The van der Waals surface area contributed by atoms with Gasteiger partial charge in [-0.15, -0.1) is 0 Å². The molecule has 11 heteroatoms. The molecule has 0 bridgehead atoms. The molecule has 0 aliphatic carbocycles. The summed E-state index contributed by atoms with van der Waals surface area (Å²) in [5, 5.41) is -0.443. The van der Waals surface area contributed by atoms with Gasteiger partial charge in [-0.1, -0.05) is 6.07 Å². The van der Waals surface area contributed by atoms with Crippen LogP contribution in [0.1, 0.15) is 28.8 Å². The molecule has 3 rings (SSSR count). The average Bonchev–Trinajstić information content (AvgIpc) is 3.33. The van der Waals surface area contributed by atoms with Crippen molar-refractivity contribution in [2.24, 2.45) is 0 Å². The van der Waals surface area contributed by atoms with Crippen molar-refractivity contribution in [3.63, 3.8) is 0 Å². The van der Waals surface area contributed by atoms with Crippen molar-refractivity contribution in [1.29, 1.82) is 0 Å². The predicted molar refractivity (Wildman–Crippen MR) is 123 cm³/mol. The van der Waals surface area contributed by atoms with E-state index in [4.69, 9.17) is 13.9 Å². The zero-order valence-electron chi connectivity index (χ0n) is 17.1. The van der Waals surface area contributed by atoms with Crippen LogP contribution in [0.25, 0.3) is 6.08 Å². The molecule has 0 atom stereocenters. The molecule has 0 radical (unpaired) electrons. The van der Waals surface area contributed by atoms with Gasteiger partial charge >= 0.3 is 11.9 Å². The summed E-state index contributed by atoms with van der Waals surface area (Å²) in [5.41, 5.74) is 0.689. The maximum absolute atomic E-state index is 12.7. The Labute approximate surface area is 201 Å². The van der Waals surface area contributed by atoms with E-state index < -0.39 is 23.1 Å². The second-order valence-corrected chi connectivity index (χ2v) is 8.46. The largest absolute Gasteiger partial charge is 0.481 e. The van der Waals surface area contributed by atoms with E-state index >= 15 is 0 Å². The second-order valence-electron chi connectivity index (χ2n) is 6.31. The van der Waals surface area contributed by atoms with Crippen molar-refractivity contribution in [1.82, 2.24) is 4.90 Å². The number of hydrogen-bond donors (Lipinski definition) is 0. The Balaban J connectivity index is 1.68. The number of imide groups is 1. The zero-order chi connectivity index (χ0) is 23.3. The van der Waals surface area contributed by atoms with Crippen LogP contribution in [0.2, 0.25) is 0 Å². The molecule has 32 heavy (non-hydrogen) atoms. The monoisotopic (exact) mass is 571 g/mol. The van der Waals surface area contributed by atoms with Gasteiger partial charge in [-0.3, -0.25) is 14.5 Å². The predicted octanol–water partition coefficient (Wildman–Crippen LogP) is 3.85. The first-order valence-corrected chi connectivity index (χ1v) is 11.2. The number of carbonyl (C=O) groups is 4. The topological polar surface area (TPSA) is 112 Å². The normalized spacial score (nSPS) is 14.7. The minimum atomic E-state index is -0.644. The fourth-order valence-corrected chi connectivity index (χ4v) is 4.21. The van der Waals surface area contributed by atoms with Crippen LogP contribution in [-0.4, -0.2) is 48.3 Å². The lowest BCUT2D eigenvalue weighted by molar-refractivity contribution is -0.145. The van der Waals surface area contributed by atoms with Crippen molar-refractivity contribution in [2.75, 3.05) is 20.3 Å². The van der Waals surface area contributed by atoms with E-state index in [1.165, 1.54) is 19.2 Å². The molecule has 1 fully saturated rings. The van der Waals surface area contributed by atoms with Crippen LogP contribution in [0, 0.1) is 3.57 Å². The van der Waals surface area contributed by atoms with Crippen LogP contribution >= 0.6 is 34.4 Å². The third-order valence-electron chi connectivity index (χ3n) is 4.14. The third kappa shape index (κ3) is 5.71. The summed E-state index contributed by atoms with van der Waals surface area (Å²) in [5.74, 6) is -0.792. The third-order valence-corrected chi connectivity index (χ3v) is 5.89. The molecule has 0 N–H and O–H groups in total. The molecular weight excluding hydrogens is 553 g/mol. The summed E-state index contributed by atoms with van der Waals surface area (Å²) in [4.78, 5) is 49.3. The fourth-order valence-electron chi connectivity index (χ4n) is 2.68. The number of amides is 2. The van der Waals surface area contributed by atoms with Crippen LogP contribution in [0.4, 0.5) is 4.79 Å². The second kappa shape index (κ2) is 10.7. The SMILES string of the molecule is CCOC(=O)COc1ccc(/C=C2/SC(=O)N(Cc3ccc(C(=O)OC)o3)C2=O)cc1I. The lowest BCUT2D eigenvalue weighted by atomic mass is 10.2. The highest BCUT2D eigenvalue weighted by molar-refractivity contribution is 14.1. The van der Waals surface area contributed by atoms with Crippen LogP contribution < -0.4 is 4.74 Å². The van der Waals surface area contributed by atoms with Gasteiger partial charge in [0.1, 0.15) is 11.5 Å². The quantitative estimate of drug-likeness (QED) is 0.265. The number of thioether (sulfide) groups is 1. The number of rotatable bonds is 8. The van der Waals surface area contributed by atoms with Gasteiger partial charge in [0.25, 0.3) is 11.1 Å². The lowest BCUT2D eigenvalue weighted by Crippen LogP contribution is -2.27. The molecule has 0 unspecified atom stereocenters. The lowest BCUT2D eigenvalue weighted by Gasteiger charge is -2.10. The van der Waals surface area contributed by atoms with Gasteiger partial charge in [0.05, 0.1) is 28.7 Å². The molecular formula is C21H18INO8S. The Kier molecular flexibility index (Phi) is 7.96. The summed E-state index contributed by atoms with van der Waals surface area (Å²) in [6.45, 7) is 1.69. The van der Waals surface area contributed by atoms with Gasteiger partial charge in [-0.05, 0) is 77.2 Å². The zero-order valence-corrected chi connectivity index (χ0v) is 20.1. The summed E-state index contributed by atoms with van der Waals surface area (Å²) in [6.07, 6.45) is 1.60. The number of methoxy groups -OCH3 is 1. The van der Waals surface area contributed by atoms with Crippen LogP contribution in [0.5, 0.6) is 5.75 Å². The smallest absolute Gasteiger partial charge is 0.373 e. The minimum absolute atomic E-state index is 0.00939. The summed E-state index contributed by atoms with van der Waals surface area (Å²) < 4.78 is 20.9. The van der Waals surface area contributed by atoms with Crippen LogP contribution in [0.3, 0.4) is 0 Å². The van der Waals surface area contributed by atoms with Crippen LogP contribution in [-0.2, 0) is 25.6 Å². The molecule has 0 spiro atoms. The van der Waals surface area contributed by atoms with Crippen molar-refractivity contribution in [3.8, 4) is 5.75 Å². The Bertz CT molecular complexity index is 1090. The molecule has 168 valence electrons. The Morgan fingerprint density at radius 2 is 2.00 bits per heavy atom. The first-order chi connectivity index (χ1) is 15.3. The molecule has 1 aromatic heterocycles. The van der Waals surface area contributed by atoms with Gasteiger partial charge in [0.15, 0.2) is 6.61 Å². The average molecular weight is 571 g/mol. The molecule has 1 aromatic carbocycles. The maximum atomic E-state index is 12.7. The Hall–Kier alpha value is -2.80. The standard InChI is InChI=1S/C21H18INO8S/c1-3-29-18(24)11-30-15-6-4-12(8-14(15)22)9-17-19(25)23(21(27)32-17)10-13-5-7-16(31-13)20(26)28-2/h4-9H,3,10-11H2,1-2H3/b17-9+. The number of hydrogen-bond acceptors (Lipinski definition) is 9. The number of furan rings is 1. The van der Waals surface area contributed by atoms with Crippen molar-refractivity contribution < 1.29 is 37.8 Å². The number of halogens is 1. The van der Waals surface area contributed by atoms with Gasteiger partial charge in [0, 0.05) is 0 Å². The molecule has 9 nitrogen and oxygen atoms in total. The highest BCUT2D eigenvalue weighted by atomic mass is 127. The van der Waals surface area contributed by atoms with Gasteiger partial charge in [0.2, 0.25) is 5.76 Å². The molecule has 2 aromatic rings. The molecule has 2 heterocycles. The molecule has 1 aliphatic heterocycles. The van der Waals surface area contributed by atoms with E-state index in [1.54, 1.807) is 31.2 Å². The van der Waals surface area contributed by atoms with E-state index in [0.29, 0.717) is 11.3 Å². The van der Waals surface area contributed by atoms with Crippen LogP contribution in [0.15, 0.2) is 39.7 Å². The summed E-state index contributed by atoms with van der Waals surface area (Å²) >= 11 is 2.87. The highest BCUT2D eigenvalue weighted by Crippen LogP contribution is 2.34. The van der Waals surface area contributed by atoms with Crippen molar-refractivity contribution in [2.45, 2.75) is 13.5 Å². The number of nitrogens with zero attached hydrogens (tertiary/aromatic N) is 1. The fraction of sp³-hybridized carbons (Fsp3) is 0.238. The molecule has 1 aliphatic rings. The molecule has 0 saturated carbocycles. The van der Waals surface area contributed by atoms with Gasteiger partial charge in [-0.2, -0.15) is 0 Å². The Morgan fingerprint density at radius 1 is 1.22 bits per heavy atom. The first-order valence-electron chi connectivity index (χ1n) is 9.32. The number of ether oxygens (including phenoxy) is 3. The highest BCUT2D eigenvalue weighted by Gasteiger charge is 2.35. The molecule has 2 amide bonds.